The van der Waals surface area contributed by atoms with Crippen LogP contribution in [0, 0.1) is 30.3 Å². The lowest BCUT2D eigenvalue weighted by Crippen LogP contribution is -2.50. The quantitative estimate of drug-likeness (QED) is 0.0108. The topological polar surface area (TPSA) is 306 Å². The predicted octanol–water partition coefficient (Wildman–Crippen LogP) is 10.8. The second-order valence-corrected chi connectivity index (χ2v) is 21.4. The summed E-state index contributed by atoms with van der Waals surface area (Å²) in [6.07, 6.45) is -4.60. The Morgan fingerprint density at radius 1 is 0.628 bits per heavy atom. The number of aliphatic imine (C=N–C) groups is 1. The minimum Gasteiger partial charge on any atom is -0.497 e. The number of non-ortho nitro benzene ring substituents is 3. The number of benzene rings is 6. The van der Waals surface area contributed by atoms with E-state index in [2.05, 4.69) is 25.6 Å². The van der Waals surface area contributed by atoms with E-state index in [0.717, 1.165) is 22.3 Å². The molecule has 4 amide bonds. The summed E-state index contributed by atoms with van der Waals surface area (Å²) in [6, 6.07) is 40.8. The van der Waals surface area contributed by atoms with Crippen LogP contribution in [0.25, 0.3) is 0 Å². The molecule has 4 atom stereocenters. The Kier molecular flexibility index (Phi) is 23.5. The minimum atomic E-state index is -1.91. The average Bonchev–Trinajstić information content (AvgIpc) is 1.39. The van der Waals surface area contributed by atoms with Crippen molar-refractivity contribution in [2.24, 2.45) is 4.99 Å². The maximum Gasteiger partial charge on any atom is 0.436 e. The molecule has 6 aromatic rings. The van der Waals surface area contributed by atoms with Crippen molar-refractivity contribution in [1.82, 2.24) is 20.6 Å². The number of carbonyl (C=O) groups is 3. The molecule has 454 valence electrons. The molecule has 6 aromatic carbocycles. The van der Waals surface area contributed by atoms with Gasteiger partial charge in [-0.2, -0.15) is 0 Å². The lowest BCUT2D eigenvalue weighted by Gasteiger charge is -2.39. The van der Waals surface area contributed by atoms with E-state index < -0.39 is 71.5 Å². The third-order valence-corrected chi connectivity index (χ3v) is 15.7. The zero-order valence-corrected chi connectivity index (χ0v) is 49.0. The molecule has 1 unspecified atom stereocenters. The van der Waals surface area contributed by atoms with Gasteiger partial charge in [-0.15, -0.1) is 4.99 Å². The van der Waals surface area contributed by atoms with Crippen molar-refractivity contribution in [2.45, 2.75) is 89.5 Å². The number of hydrogen-bond donors (Lipinski definition) is 3. The smallest absolute Gasteiger partial charge is 0.436 e. The molecule has 25 nitrogen and oxygen atoms in total. The lowest BCUT2D eigenvalue weighted by atomic mass is 9.80. The number of ether oxygens (including phenoxy) is 6. The van der Waals surface area contributed by atoms with E-state index >= 15 is 0 Å². The first-order valence-corrected chi connectivity index (χ1v) is 28.5. The molecule has 0 saturated carbocycles. The fraction of sp³-hybridized carbons (Fsp3) is 0.333. The van der Waals surface area contributed by atoms with Crippen LogP contribution in [0.15, 0.2) is 157 Å². The van der Waals surface area contributed by atoms with Crippen LogP contribution < -0.4 is 25.4 Å². The van der Waals surface area contributed by atoms with Crippen LogP contribution in [-0.2, 0) is 52.9 Å². The third kappa shape index (κ3) is 18.0. The molecule has 0 aromatic heterocycles. The van der Waals surface area contributed by atoms with Crippen LogP contribution in [0.3, 0.4) is 0 Å². The number of hydrogen-bond acceptors (Lipinski definition) is 18. The van der Waals surface area contributed by atoms with Crippen molar-refractivity contribution in [3.63, 3.8) is 0 Å². The number of carbonyl (C=O) groups excluding carboxylic acids is 3. The Bertz CT molecular complexity index is 3200. The van der Waals surface area contributed by atoms with E-state index in [9.17, 15) is 44.7 Å². The Morgan fingerprint density at radius 3 is 1.53 bits per heavy atom. The molecule has 86 heavy (non-hydrogen) atoms. The van der Waals surface area contributed by atoms with Crippen molar-refractivity contribution in [3.05, 3.63) is 215 Å². The maximum atomic E-state index is 14.2. The Hall–Kier alpha value is -8.97. The summed E-state index contributed by atoms with van der Waals surface area (Å²) in [4.78, 5) is 76.6. The summed E-state index contributed by atoms with van der Waals surface area (Å²) in [5.41, 5.74) is 2.65. The highest BCUT2D eigenvalue weighted by molar-refractivity contribution is 7.44. The molecule has 0 radical (unpaired) electrons. The molecule has 1 aliphatic rings. The highest BCUT2D eigenvalue weighted by Gasteiger charge is 2.45. The number of nitrogens with one attached hydrogen (secondary N) is 3. The monoisotopic (exact) mass is 1200 g/mol. The lowest BCUT2D eigenvalue weighted by molar-refractivity contribution is -0.385. The summed E-state index contributed by atoms with van der Waals surface area (Å²) >= 11 is 0. The normalized spacial score (nSPS) is 15.4. The zero-order valence-electron chi connectivity index (χ0n) is 48.1. The second-order valence-electron chi connectivity index (χ2n) is 20.0. The van der Waals surface area contributed by atoms with Gasteiger partial charge in [-0.25, -0.2) is 19.1 Å². The van der Waals surface area contributed by atoms with Crippen molar-refractivity contribution >= 4 is 49.8 Å². The molecule has 0 spiro atoms. The molecule has 1 aliphatic heterocycles. The van der Waals surface area contributed by atoms with Gasteiger partial charge in [-0.05, 0) is 91.8 Å². The van der Waals surface area contributed by atoms with Crippen molar-refractivity contribution in [1.29, 1.82) is 0 Å². The molecule has 7 rings (SSSR count). The largest absolute Gasteiger partial charge is 0.497 e. The van der Waals surface area contributed by atoms with Gasteiger partial charge in [0.15, 0.2) is 0 Å². The zero-order chi connectivity index (χ0) is 61.8. The molecular weight excluding hydrogens is 1140 g/mol. The predicted molar refractivity (Wildman–Crippen MR) is 317 cm³/mol. The first-order valence-electron chi connectivity index (χ1n) is 27.3. The van der Waals surface area contributed by atoms with Gasteiger partial charge in [0.05, 0.1) is 61.5 Å². The Labute approximate surface area is 497 Å². The van der Waals surface area contributed by atoms with E-state index in [-0.39, 0.29) is 74.8 Å². The SMILES string of the molecule is COc1ccc(C(OC[C@H]2O[C@@H](NC(=O)N/C(=N\C(=O)OCCc3ccc([N+](=O)[O-])cc3)NC(=O)OCCc3ccc([N+](=O)[O-])cc3)C[C@@H]2OP(OCCc2ccc([N+](=O)[O-])cc2)N(C(C)C)C(C)C)(c2ccccc2)c2ccc(OC)cc2)cc1. The van der Waals surface area contributed by atoms with Crippen LogP contribution in [-0.4, -0.2) is 115 Å². The van der Waals surface area contributed by atoms with E-state index in [4.69, 9.17) is 37.5 Å². The Morgan fingerprint density at radius 2 is 1.08 bits per heavy atom. The van der Waals surface area contributed by atoms with E-state index in [1.807, 2.05) is 107 Å². The van der Waals surface area contributed by atoms with E-state index in [1.165, 1.54) is 60.7 Å². The fourth-order valence-electron chi connectivity index (χ4n) is 9.34. The van der Waals surface area contributed by atoms with Crippen molar-refractivity contribution in [2.75, 3.05) is 40.6 Å². The van der Waals surface area contributed by atoms with Crippen LogP contribution in [0.1, 0.15) is 67.5 Å². The number of rotatable bonds is 27. The van der Waals surface area contributed by atoms with Gasteiger partial charge >= 0.3 is 18.2 Å². The summed E-state index contributed by atoms with van der Waals surface area (Å²) in [5, 5.41) is 41.1. The van der Waals surface area contributed by atoms with Gasteiger partial charge in [0.1, 0.15) is 29.4 Å². The molecule has 1 fully saturated rings. The van der Waals surface area contributed by atoms with E-state index in [0.29, 0.717) is 29.0 Å². The van der Waals surface area contributed by atoms with Crippen LogP contribution in [0.2, 0.25) is 0 Å². The molecule has 1 heterocycles. The Balaban J connectivity index is 1.17. The van der Waals surface area contributed by atoms with Crippen molar-refractivity contribution in [3.8, 4) is 11.5 Å². The van der Waals surface area contributed by atoms with E-state index in [1.54, 1.807) is 26.4 Å². The van der Waals surface area contributed by atoms with Gasteiger partial charge in [-0.1, -0.05) is 91.0 Å². The van der Waals surface area contributed by atoms with Gasteiger partial charge in [0.2, 0.25) is 5.96 Å². The highest BCUT2D eigenvalue weighted by Crippen LogP contribution is 2.50. The number of nitrogens with zero attached hydrogens (tertiary/aromatic N) is 5. The molecule has 1 saturated heterocycles. The minimum absolute atomic E-state index is 0.00864. The first kappa shape index (κ1) is 64.6. The summed E-state index contributed by atoms with van der Waals surface area (Å²) in [5.74, 6) is 0.530. The number of urea groups is 1. The molecule has 0 bridgehead atoms. The van der Waals surface area contributed by atoms with Gasteiger partial charge in [-0.3, -0.25) is 41.0 Å². The first-order chi connectivity index (χ1) is 41.3. The van der Waals surface area contributed by atoms with Gasteiger partial charge < -0.3 is 42.8 Å². The average molecular weight is 1200 g/mol. The van der Waals surface area contributed by atoms with Crippen LogP contribution in [0.5, 0.6) is 11.5 Å². The number of amides is 4. The van der Waals surface area contributed by atoms with Crippen molar-refractivity contribution < 1.29 is 66.6 Å². The fourth-order valence-corrected chi connectivity index (χ4v) is 11.1. The highest BCUT2D eigenvalue weighted by atomic mass is 31.2. The van der Waals surface area contributed by atoms with Gasteiger partial charge in [0.25, 0.3) is 25.6 Å². The number of alkyl carbamates (subject to hydrolysis) is 1. The van der Waals surface area contributed by atoms with Crippen LogP contribution in [0.4, 0.5) is 31.4 Å². The number of guanidine groups is 1. The molecular formula is C60H67N8O17P. The summed E-state index contributed by atoms with van der Waals surface area (Å²) < 4.78 is 51.5. The van der Waals surface area contributed by atoms with Crippen LogP contribution >= 0.6 is 8.53 Å². The molecule has 0 aliphatic carbocycles. The summed E-state index contributed by atoms with van der Waals surface area (Å²) in [7, 11) is 1.24. The maximum absolute atomic E-state index is 14.2. The number of nitro benzene ring substituents is 3. The standard InChI is InChI=1S/C60H67N8O17P/c1-40(2)65(41(3)4)86(83-37-34-44-16-26-50(27-17-44)68(76)77)85-53-38-55(84-54(53)39-82-60(45-10-8-7-9-11-45,46-18-28-51(78-5)29-19-46)47-20-30-52(79-6)31-21-47)61-57(69)62-56(63-58(70)80-35-32-42-12-22-48(23-13-42)66(72)73)64-59(71)81-36-33-43-14-24-49(25-15-43)67(74)75/h7-31,40-41,53-55H,32-39H2,1-6H3,(H3,61,62,63,64,69,70,71)/t53-,54+,55+,86?/m0/s1. The van der Waals surface area contributed by atoms with Gasteiger partial charge in [0, 0.05) is 67.7 Å². The molecule has 26 heteroatoms. The second kappa shape index (κ2) is 31.3. The molecule has 3 N–H and O–H groups in total. The number of nitro groups is 3. The summed E-state index contributed by atoms with van der Waals surface area (Å²) in [6.45, 7) is 7.58. The third-order valence-electron chi connectivity index (χ3n) is 13.5. The number of methoxy groups -OCH3 is 2.